The molecule has 0 amide bonds. The molecular formula is C13H17Br2NO2. The Morgan fingerprint density at radius 1 is 1.33 bits per heavy atom. The highest BCUT2D eigenvalue weighted by Gasteiger charge is 2.12. The van der Waals surface area contributed by atoms with Gasteiger partial charge in [0, 0.05) is 22.0 Å². The van der Waals surface area contributed by atoms with E-state index in [1.165, 1.54) is 0 Å². The van der Waals surface area contributed by atoms with Crippen molar-refractivity contribution in [2.24, 2.45) is 5.92 Å². The van der Waals surface area contributed by atoms with Gasteiger partial charge in [0.25, 0.3) is 0 Å². The summed E-state index contributed by atoms with van der Waals surface area (Å²) in [6.07, 6.45) is 0. The van der Waals surface area contributed by atoms with Crippen molar-refractivity contribution in [1.82, 2.24) is 4.90 Å². The van der Waals surface area contributed by atoms with E-state index in [4.69, 9.17) is 5.11 Å². The van der Waals surface area contributed by atoms with Gasteiger partial charge in [-0.3, -0.25) is 9.69 Å². The predicted octanol–water partition coefficient (Wildman–Crippen LogP) is 3.75. The number of nitrogens with zero attached hydrogens (tertiary/aromatic N) is 1. The van der Waals surface area contributed by atoms with Crippen molar-refractivity contribution in [2.45, 2.75) is 20.4 Å². The summed E-state index contributed by atoms with van der Waals surface area (Å²) in [4.78, 5) is 12.8. The lowest BCUT2D eigenvalue weighted by atomic mass is 10.1. The van der Waals surface area contributed by atoms with Crippen LogP contribution in [-0.2, 0) is 11.3 Å². The van der Waals surface area contributed by atoms with Crippen molar-refractivity contribution >= 4 is 37.8 Å². The van der Waals surface area contributed by atoms with Crippen LogP contribution >= 0.6 is 31.9 Å². The Hall–Kier alpha value is -0.390. The van der Waals surface area contributed by atoms with Gasteiger partial charge in [0.1, 0.15) is 0 Å². The van der Waals surface area contributed by atoms with Gasteiger partial charge in [0.15, 0.2) is 0 Å². The van der Waals surface area contributed by atoms with Crippen LogP contribution in [0.1, 0.15) is 19.4 Å². The van der Waals surface area contributed by atoms with E-state index in [1.807, 2.05) is 23.1 Å². The molecule has 0 atom stereocenters. The normalized spacial score (nSPS) is 11.2. The summed E-state index contributed by atoms with van der Waals surface area (Å²) in [5.74, 6) is -0.338. The summed E-state index contributed by atoms with van der Waals surface area (Å²) in [6.45, 7) is 5.68. The van der Waals surface area contributed by atoms with E-state index in [1.54, 1.807) is 0 Å². The topological polar surface area (TPSA) is 40.5 Å². The zero-order valence-electron chi connectivity index (χ0n) is 10.5. The number of carboxylic acids is 1. The number of hydrogen-bond donors (Lipinski definition) is 1. The first-order valence-corrected chi connectivity index (χ1v) is 7.35. The first-order chi connectivity index (χ1) is 8.38. The van der Waals surface area contributed by atoms with Crippen molar-refractivity contribution in [1.29, 1.82) is 0 Å². The van der Waals surface area contributed by atoms with Crippen LogP contribution in [0.25, 0.3) is 0 Å². The van der Waals surface area contributed by atoms with Gasteiger partial charge in [-0.25, -0.2) is 0 Å². The minimum Gasteiger partial charge on any atom is -0.480 e. The monoisotopic (exact) mass is 377 g/mol. The molecule has 1 aromatic carbocycles. The lowest BCUT2D eigenvalue weighted by molar-refractivity contribution is -0.138. The van der Waals surface area contributed by atoms with E-state index in [0.717, 1.165) is 21.1 Å². The highest BCUT2D eigenvalue weighted by molar-refractivity contribution is 9.13. The molecule has 0 unspecified atom stereocenters. The molecule has 18 heavy (non-hydrogen) atoms. The Bertz CT molecular complexity index is 421. The summed E-state index contributed by atoms with van der Waals surface area (Å²) in [5, 5.41) is 8.92. The highest BCUT2D eigenvalue weighted by Crippen LogP contribution is 2.24. The van der Waals surface area contributed by atoms with E-state index in [0.29, 0.717) is 12.5 Å². The van der Waals surface area contributed by atoms with Gasteiger partial charge in [-0.2, -0.15) is 0 Å². The van der Waals surface area contributed by atoms with Gasteiger partial charge in [0.05, 0.1) is 6.54 Å². The Balaban J connectivity index is 2.74. The number of carboxylic acid groups (broad SMARTS) is 1. The largest absolute Gasteiger partial charge is 0.480 e. The Morgan fingerprint density at radius 3 is 2.50 bits per heavy atom. The van der Waals surface area contributed by atoms with Crippen molar-refractivity contribution in [3.63, 3.8) is 0 Å². The molecule has 0 fully saturated rings. The average molecular weight is 379 g/mol. The van der Waals surface area contributed by atoms with Gasteiger partial charge in [0.2, 0.25) is 0 Å². The molecule has 0 radical (unpaired) electrons. The van der Waals surface area contributed by atoms with Crippen LogP contribution in [0.2, 0.25) is 0 Å². The first-order valence-electron chi connectivity index (χ1n) is 5.76. The minimum atomic E-state index is -0.785. The Kier molecular flexibility index (Phi) is 6.32. The molecule has 1 N–H and O–H groups in total. The third-order valence-corrected chi connectivity index (χ3v) is 4.25. The second-order valence-electron chi connectivity index (χ2n) is 4.71. The number of carbonyl (C=O) groups is 1. The molecule has 3 nitrogen and oxygen atoms in total. The predicted molar refractivity (Wildman–Crippen MR) is 79.6 cm³/mol. The van der Waals surface area contributed by atoms with E-state index in [2.05, 4.69) is 45.7 Å². The van der Waals surface area contributed by atoms with Gasteiger partial charge in [-0.05, 0) is 55.5 Å². The van der Waals surface area contributed by atoms with E-state index >= 15 is 0 Å². The lowest BCUT2D eigenvalue weighted by Gasteiger charge is -2.22. The molecule has 0 bridgehead atoms. The molecule has 0 spiro atoms. The summed E-state index contributed by atoms with van der Waals surface area (Å²) < 4.78 is 1.99. The van der Waals surface area contributed by atoms with Crippen molar-refractivity contribution in [2.75, 3.05) is 13.1 Å². The molecule has 0 aromatic heterocycles. The van der Waals surface area contributed by atoms with E-state index < -0.39 is 5.97 Å². The molecule has 1 rings (SSSR count). The Morgan fingerprint density at radius 2 is 2.00 bits per heavy atom. The van der Waals surface area contributed by atoms with Crippen molar-refractivity contribution in [3.05, 3.63) is 32.7 Å². The number of aliphatic carboxylic acids is 1. The molecule has 0 saturated carbocycles. The maximum Gasteiger partial charge on any atom is 0.317 e. The quantitative estimate of drug-likeness (QED) is 0.819. The first kappa shape index (κ1) is 15.7. The second kappa shape index (κ2) is 7.26. The molecule has 0 saturated heterocycles. The number of hydrogen-bond acceptors (Lipinski definition) is 2. The number of halogens is 2. The van der Waals surface area contributed by atoms with Gasteiger partial charge in [-0.15, -0.1) is 0 Å². The Labute approximate surface area is 124 Å². The lowest BCUT2D eigenvalue weighted by Crippen LogP contribution is -2.32. The third kappa shape index (κ3) is 5.50. The maximum atomic E-state index is 10.8. The fraction of sp³-hybridized carbons (Fsp3) is 0.462. The summed E-state index contributed by atoms with van der Waals surface area (Å²) in [5.41, 5.74) is 1.10. The second-order valence-corrected chi connectivity index (χ2v) is 6.41. The maximum absolute atomic E-state index is 10.8. The zero-order chi connectivity index (χ0) is 13.7. The molecule has 0 aliphatic rings. The fourth-order valence-corrected chi connectivity index (χ4v) is 2.46. The third-order valence-electron chi connectivity index (χ3n) is 2.37. The molecule has 0 heterocycles. The van der Waals surface area contributed by atoms with Crippen LogP contribution in [0.3, 0.4) is 0 Å². The van der Waals surface area contributed by atoms with E-state index in [-0.39, 0.29) is 6.54 Å². The number of benzene rings is 1. The number of rotatable bonds is 6. The van der Waals surface area contributed by atoms with Gasteiger partial charge in [-0.1, -0.05) is 19.9 Å². The zero-order valence-corrected chi connectivity index (χ0v) is 13.7. The van der Waals surface area contributed by atoms with Crippen LogP contribution < -0.4 is 0 Å². The fourth-order valence-electron chi connectivity index (χ4n) is 1.79. The smallest absolute Gasteiger partial charge is 0.317 e. The van der Waals surface area contributed by atoms with Gasteiger partial charge >= 0.3 is 5.97 Å². The average Bonchev–Trinajstić information content (AvgIpc) is 2.21. The van der Waals surface area contributed by atoms with Gasteiger partial charge < -0.3 is 5.11 Å². The summed E-state index contributed by atoms with van der Waals surface area (Å²) in [6, 6.07) is 5.98. The molecular weight excluding hydrogens is 362 g/mol. The summed E-state index contributed by atoms with van der Waals surface area (Å²) >= 11 is 6.88. The van der Waals surface area contributed by atoms with Crippen molar-refractivity contribution < 1.29 is 9.90 Å². The molecule has 0 aliphatic heterocycles. The molecule has 0 aliphatic carbocycles. The highest BCUT2D eigenvalue weighted by atomic mass is 79.9. The van der Waals surface area contributed by atoms with Crippen LogP contribution in [0, 0.1) is 5.92 Å². The van der Waals surface area contributed by atoms with E-state index in [9.17, 15) is 4.79 Å². The molecule has 100 valence electrons. The summed E-state index contributed by atoms with van der Waals surface area (Å²) in [7, 11) is 0. The van der Waals surface area contributed by atoms with Crippen LogP contribution in [0.5, 0.6) is 0 Å². The van der Waals surface area contributed by atoms with Crippen molar-refractivity contribution in [3.8, 4) is 0 Å². The van der Waals surface area contributed by atoms with Crippen LogP contribution in [-0.4, -0.2) is 29.1 Å². The molecule has 5 heteroatoms. The van der Waals surface area contributed by atoms with Crippen LogP contribution in [0.4, 0.5) is 0 Å². The minimum absolute atomic E-state index is 0.0753. The molecule has 1 aromatic rings. The van der Waals surface area contributed by atoms with Crippen LogP contribution in [0.15, 0.2) is 27.1 Å². The standard InChI is InChI=1S/C13H17Br2NO2/c1-9(2)6-16(8-13(17)18)7-10-3-4-11(14)12(15)5-10/h3-5,9H,6-8H2,1-2H3,(H,17,18). The SMILES string of the molecule is CC(C)CN(CC(=O)O)Cc1ccc(Br)c(Br)c1.